The number of halogens is 3. The van der Waals surface area contributed by atoms with E-state index in [2.05, 4.69) is 16.0 Å². The SMILES string of the molecule is Nc1cccc(CCN2CCC3(CC2)CN(Cc2ccc(C(F)(F)F)cn2)C(=O)CO3)c1. The zero-order chi connectivity index (χ0) is 22.8. The van der Waals surface area contributed by atoms with Gasteiger partial charge in [-0.05, 0) is 49.1 Å². The minimum atomic E-state index is -4.43. The molecule has 3 heterocycles. The molecule has 1 spiro atoms. The number of rotatable bonds is 5. The van der Waals surface area contributed by atoms with Crippen molar-refractivity contribution >= 4 is 11.6 Å². The summed E-state index contributed by atoms with van der Waals surface area (Å²) in [6, 6.07) is 10.2. The Bertz CT molecular complexity index is 941. The van der Waals surface area contributed by atoms with Crippen LogP contribution in [-0.2, 0) is 28.7 Å². The Morgan fingerprint density at radius 3 is 2.59 bits per heavy atom. The molecule has 0 unspecified atom stereocenters. The number of carbonyl (C=O) groups is 1. The molecule has 172 valence electrons. The molecular formula is C23H27F3N4O2. The molecule has 0 aliphatic carbocycles. The Morgan fingerprint density at radius 2 is 1.94 bits per heavy atom. The van der Waals surface area contributed by atoms with E-state index in [1.54, 1.807) is 4.90 Å². The van der Waals surface area contributed by atoms with E-state index in [0.717, 1.165) is 56.8 Å². The van der Waals surface area contributed by atoms with Crippen LogP contribution in [0.1, 0.15) is 29.7 Å². The lowest BCUT2D eigenvalue weighted by atomic mass is 9.89. The summed E-state index contributed by atoms with van der Waals surface area (Å²) in [6.07, 6.45) is -1.09. The van der Waals surface area contributed by atoms with Gasteiger partial charge in [-0.25, -0.2) is 0 Å². The maximum atomic E-state index is 12.7. The van der Waals surface area contributed by atoms with Crippen LogP contribution in [0.4, 0.5) is 18.9 Å². The minimum Gasteiger partial charge on any atom is -0.399 e. The van der Waals surface area contributed by atoms with Crippen LogP contribution in [-0.4, -0.2) is 59.1 Å². The first-order valence-corrected chi connectivity index (χ1v) is 10.7. The van der Waals surface area contributed by atoms with Gasteiger partial charge in [-0.2, -0.15) is 13.2 Å². The van der Waals surface area contributed by atoms with Crippen molar-refractivity contribution in [3.05, 3.63) is 59.4 Å². The summed E-state index contributed by atoms with van der Waals surface area (Å²) >= 11 is 0. The summed E-state index contributed by atoms with van der Waals surface area (Å²) < 4.78 is 44.2. The largest absolute Gasteiger partial charge is 0.417 e. The smallest absolute Gasteiger partial charge is 0.399 e. The van der Waals surface area contributed by atoms with Gasteiger partial charge in [-0.1, -0.05) is 12.1 Å². The molecule has 32 heavy (non-hydrogen) atoms. The zero-order valence-corrected chi connectivity index (χ0v) is 17.8. The Morgan fingerprint density at radius 1 is 1.16 bits per heavy atom. The van der Waals surface area contributed by atoms with E-state index in [-0.39, 0.29) is 19.1 Å². The highest BCUT2D eigenvalue weighted by Gasteiger charge is 2.42. The number of nitrogens with zero attached hydrogens (tertiary/aromatic N) is 3. The molecule has 4 rings (SSSR count). The second-order valence-corrected chi connectivity index (χ2v) is 8.59. The molecule has 9 heteroatoms. The fourth-order valence-electron chi connectivity index (χ4n) is 4.34. The number of nitrogen functional groups attached to an aromatic ring is 1. The molecule has 1 aromatic carbocycles. The molecule has 1 amide bonds. The number of likely N-dealkylation sites (tertiary alicyclic amines) is 1. The number of aromatic nitrogens is 1. The van der Waals surface area contributed by atoms with Gasteiger partial charge in [0.15, 0.2) is 0 Å². The number of amides is 1. The van der Waals surface area contributed by atoms with Crippen molar-refractivity contribution < 1.29 is 22.7 Å². The highest BCUT2D eigenvalue weighted by Crippen LogP contribution is 2.32. The maximum absolute atomic E-state index is 12.7. The number of benzene rings is 1. The molecule has 0 radical (unpaired) electrons. The van der Waals surface area contributed by atoms with E-state index >= 15 is 0 Å². The first kappa shape index (κ1) is 22.5. The van der Waals surface area contributed by atoms with Gasteiger partial charge in [-0.3, -0.25) is 9.78 Å². The highest BCUT2D eigenvalue weighted by molar-refractivity contribution is 5.78. The first-order valence-electron chi connectivity index (χ1n) is 10.7. The number of piperidine rings is 1. The number of hydrogen-bond donors (Lipinski definition) is 1. The molecule has 2 fully saturated rings. The fraction of sp³-hybridized carbons (Fsp3) is 0.478. The molecular weight excluding hydrogens is 421 g/mol. The average molecular weight is 448 g/mol. The van der Waals surface area contributed by atoms with Gasteiger partial charge in [0.1, 0.15) is 6.61 Å². The average Bonchev–Trinajstić information content (AvgIpc) is 2.76. The Balaban J connectivity index is 1.31. The molecule has 2 aliphatic rings. The van der Waals surface area contributed by atoms with E-state index in [1.807, 2.05) is 18.2 Å². The number of nitrogens with two attached hydrogens (primary N) is 1. The van der Waals surface area contributed by atoms with E-state index in [9.17, 15) is 18.0 Å². The quantitative estimate of drug-likeness (QED) is 0.712. The van der Waals surface area contributed by atoms with E-state index in [1.165, 1.54) is 11.6 Å². The third-order valence-electron chi connectivity index (χ3n) is 6.27. The lowest BCUT2D eigenvalue weighted by Crippen LogP contribution is -2.58. The van der Waals surface area contributed by atoms with Gasteiger partial charge >= 0.3 is 6.18 Å². The van der Waals surface area contributed by atoms with Gasteiger partial charge in [0.2, 0.25) is 5.91 Å². The lowest BCUT2D eigenvalue weighted by molar-refractivity contribution is -0.172. The highest BCUT2D eigenvalue weighted by atomic mass is 19.4. The predicted octanol–water partition coefficient (Wildman–Crippen LogP) is 3.12. The minimum absolute atomic E-state index is 0.00999. The van der Waals surface area contributed by atoms with E-state index in [4.69, 9.17) is 10.5 Å². The van der Waals surface area contributed by atoms with Crippen molar-refractivity contribution in [2.75, 3.05) is 38.5 Å². The summed E-state index contributed by atoms with van der Waals surface area (Å²) in [7, 11) is 0. The van der Waals surface area contributed by atoms with Crippen molar-refractivity contribution in [3.63, 3.8) is 0 Å². The third-order valence-corrected chi connectivity index (χ3v) is 6.27. The normalized spacial score (nSPS) is 19.5. The summed E-state index contributed by atoms with van der Waals surface area (Å²) in [6.45, 7) is 3.26. The van der Waals surface area contributed by atoms with Crippen molar-refractivity contribution in [2.24, 2.45) is 0 Å². The van der Waals surface area contributed by atoms with Crippen molar-refractivity contribution in [3.8, 4) is 0 Å². The molecule has 6 nitrogen and oxygen atoms in total. The Labute approximate surface area is 185 Å². The number of pyridine rings is 1. The molecule has 2 saturated heterocycles. The van der Waals surface area contributed by atoms with Crippen molar-refractivity contribution in [1.82, 2.24) is 14.8 Å². The van der Waals surface area contributed by atoms with Crippen LogP contribution in [0.15, 0.2) is 42.6 Å². The first-order chi connectivity index (χ1) is 15.2. The zero-order valence-electron chi connectivity index (χ0n) is 17.8. The monoisotopic (exact) mass is 448 g/mol. The summed E-state index contributed by atoms with van der Waals surface area (Å²) in [5.41, 5.74) is 7.05. The maximum Gasteiger partial charge on any atom is 0.417 e. The second-order valence-electron chi connectivity index (χ2n) is 8.59. The number of morpholine rings is 1. The molecule has 0 bridgehead atoms. The Hall–Kier alpha value is -2.65. The molecule has 2 N–H and O–H groups in total. The van der Waals surface area contributed by atoms with Gasteiger partial charge < -0.3 is 20.3 Å². The number of anilines is 1. The summed E-state index contributed by atoms with van der Waals surface area (Å²) in [5.74, 6) is -0.165. The number of ether oxygens (including phenoxy) is 1. The summed E-state index contributed by atoms with van der Waals surface area (Å²) in [4.78, 5) is 20.3. The van der Waals surface area contributed by atoms with Gasteiger partial charge in [0, 0.05) is 31.5 Å². The van der Waals surface area contributed by atoms with Crippen LogP contribution in [0.2, 0.25) is 0 Å². The van der Waals surface area contributed by atoms with Gasteiger partial charge in [0.25, 0.3) is 0 Å². The summed E-state index contributed by atoms with van der Waals surface area (Å²) in [5, 5.41) is 0. The van der Waals surface area contributed by atoms with Crippen molar-refractivity contribution in [2.45, 2.75) is 37.6 Å². The number of alkyl halides is 3. The van der Waals surface area contributed by atoms with E-state index in [0.29, 0.717) is 12.2 Å². The number of carbonyl (C=O) groups excluding carboxylic acids is 1. The molecule has 0 saturated carbocycles. The molecule has 1 aromatic heterocycles. The topological polar surface area (TPSA) is 71.7 Å². The predicted molar refractivity (Wildman–Crippen MR) is 114 cm³/mol. The van der Waals surface area contributed by atoms with Gasteiger partial charge in [-0.15, -0.1) is 0 Å². The van der Waals surface area contributed by atoms with Crippen LogP contribution in [0.3, 0.4) is 0 Å². The second kappa shape index (κ2) is 9.07. The fourth-order valence-corrected chi connectivity index (χ4v) is 4.34. The van der Waals surface area contributed by atoms with Gasteiger partial charge in [0.05, 0.1) is 29.9 Å². The van der Waals surface area contributed by atoms with Crippen molar-refractivity contribution in [1.29, 1.82) is 0 Å². The van der Waals surface area contributed by atoms with Crippen LogP contribution >= 0.6 is 0 Å². The standard InChI is InChI=1S/C23H27F3N4O2/c24-23(25,26)18-4-5-20(28-13-18)14-30-16-22(32-15-21(30)31)7-10-29(11-8-22)9-6-17-2-1-3-19(27)12-17/h1-5,12-13H,6-11,14-16,27H2. The van der Waals surface area contributed by atoms with E-state index < -0.39 is 17.3 Å². The van der Waals surface area contributed by atoms with Crippen LogP contribution in [0.25, 0.3) is 0 Å². The lowest BCUT2D eigenvalue weighted by Gasteiger charge is -2.47. The molecule has 2 aliphatic heterocycles. The van der Waals surface area contributed by atoms with Crippen LogP contribution < -0.4 is 5.73 Å². The Kier molecular flexibility index (Phi) is 6.39. The van der Waals surface area contributed by atoms with Crippen LogP contribution in [0, 0.1) is 0 Å². The third kappa shape index (κ3) is 5.39. The number of hydrogen-bond acceptors (Lipinski definition) is 5. The molecule has 0 atom stereocenters. The molecule has 2 aromatic rings. The van der Waals surface area contributed by atoms with Crippen LogP contribution in [0.5, 0.6) is 0 Å².